The van der Waals surface area contributed by atoms with E-state index >= 15 is 0 Å². The van der Waals surface area contributed by atoms with Crippen molar-refractivity contribution < 1.29 is 64.6 Å². The van der Waals surface area contributed by atoms with E-state index in [1.54, 1.807) is 6.08 Å². The van der Waals surface area contributed by atoms with Gasteiger partial charge in [-0.05, 0) is 64.2 Å². The van der Waals surface area contributed by atoms with Gasteiger partial charge in [0.05, 0.1) is 32.0 Å². The van der Waals surface area contributed by atoms with Crippen LogP contribution in [0, 0.1) is 0 Å². The van der Waals surface area contributed by atoms with Gasteiger partial charge in [-0.25, -0.2) is 0 Å². The van der Waals surface area contributed by atoms with E-state index in [0.29, 0.717) is 12.8 Å². The van der Waals surface area contributed by atoms with Gasteiger partial charge < -0.3 is 65.1 Å². The Morgan fingerprint density at radius 1 is 0.587 bits per heavy atom. The minimum atomic E-state index is -1.79. The van der Waals surface area contributed by atoms with Gasteiger partial charge in [-0.3, -0.25) is 4.79 Å². The van der Waals surface area contributed by atoms with E-state index in [1.165, 1.54) is 64.2 Å². The number of carbonyl (C=O) groups excluding carboxylic acids is 1. The molecule has 14 nitrogen and oxygen atoms in total. The van der Waals surface area contributed by atoms with Crippen LogP contribution in [0.5, 0.6) is 0 Å². The fourth-order valence-corrected chi connectivity index (χ4v) is 7.49. The number of rotatable bonds is 35. The van der Waals surface area contributed by atoms with Crippen LogP contribution >= 0.6 is 0 Å². The van der Waals surface area contributed by atoms with Crippen LogP contribution in [0.2, 0.25) is 0 Å². The van der Waals surface area contributed by atoms with E-state index in [4.69, 9.17) is 18.9 Å². The van der Waals surface area contributed by atoms with E-state index in [-0.39, 0.29) is 18.9 Å². The van der Waals surface area contributed by atoms with Gasteiger partial charge in [0.25, 0.3) is 0 Å². The van der Waals surface area contributed by atoms with Gasteiger partial charge in [0, 0.05) is 6.42 Å². The van der Waals surface area contributed by atoms with Crippen molar-refractivity contribution in [3.05, 3.63) is 60.8 Å². The lowest BCUT2D eigenvalue weighted by molar-refractivity contribution is -0.359. The number of hydrogen-bond acceptors (Lipinski definition) is 13. The molecule has 0 aliphatic carbocycles. The number of allylic oxidation sites excluding steroid dienone is 9. The average molecular weight is 896 g/mol. The summed E-state index contributed by atoms with van der Waals surface area (Å²) in [7, 11) is 0. The summed E-state index contributed by atoms with van der Waals surface area (Å²) in [5, 5.41) is 86.5. The summed E-state index contributed by atoms with van der Waals surface area (Å²) >= 11 is 0. The molecule has 0 aromatic carbocycles. The molecule has 0 bridgehead atoms. The van der Waals surface area contributed by atoms with Gasteiger partial charge in [0.15, 0.2) is 12.6 Å². The second-order valence-electron chi connectivity index (χ2n) is 16.8. The number of nitrogens with one attached hydrogen (secondary N) is 1. The fourth-order valence-electron chi connectivity index (χ4n) is 7.49. The molecule has 0 spiro atoms. The third-order valence-corrected chi connectivity index (χ3v) is 11.4. The fraction of sp³-hybridized carbons (Fsp3) is 0.776. The Kier molecular flexibility index (Phi) is 32.4. The summed E-state index contributed by atoms with van der Waals surface area (Å²) in [6, 6.07) is -0.947. The first kappa shape index (κ1) is 56.8. The molecule has 2 fully saturated rings. The summed E-state index contributed by atoms with van der Waals surface area (Å²) in [5.41, 5.74) is 0. The molecule has 2 aliphatic rings. The van der Waals surface area contributed by atoms with Crippen molar-refractivity contribution in [3.63, 3.8) is 0 Å². The quantitative estimate of drug-likeness (QED) is 0.0284. The number of ether oxygens (including phenoxy) is 4. The molecule has 0 saturated carbocycles. The van der Waals surface area contributed by atoms with Crippen LogP contribution in [0.3, 0.4) is 0 Å². The van der Waals surface area contributed by atoms with Gasteiger partial charge in [0.2, 0.25) is 5.91 Å². The predicted molar refractivity (Wildman–Crippen MR) is 244 cm³/mol. The van der Waals surface area contributed by atoms with E-state index in [1.807, 2.05) is 6.08 Å². The Morgan fingerprint density at radius 2 is 1.11 bits per heavy atom. The lowest BCUT2D eigenvalue weighted by Crippen LogP contribution is -2.65. The smallest absolute Gasteiger partial charge is 0.220 e. The predicted octanol–water partition coefficient (Wildman–Crippen LogP) is 5.49. The third kappa shape index (κ3) is 23.6. The van der Waals surface area contributed by atoms with Crippen molar-refractivity contribution in [3.8, 4) is 0 Å². The highest BCUT2D eigenvalue weighted by atomic mass is 16.7. The normalized spacial score (nSPS) is 28.0. The first-order chi connectivity index (χ1) is 30.6. The molecule has 14 heteroatoms. The third-order valence-electron chi connectivity index (χ3n) is 11.4. The second-order valence-corrected chi connectivity index (χ2v) is 16.8. The maximum Gasteiger partial charge on any atom is 0.220 e. The summed E-state index contributed by atoms with van der Waals surface area (Å²) in [6.45, 7) is 2.60. The van der Waals surface area contributed by atoms with Crippen molar-refractivity contribution in [2.24, 2.45) is 0 Å². The molecule has 12 unspecified atom stereocenters. The molecule has 0 aromatic heterocycles. The van der Waals surface area contributed by atoms with Crippen LogP contribution in [0.15, 0.2) is 60.8 Å². The zero-order chi connectivity index (χ0) is 46.1. The molecule has 12 atom stereocenters. The molecule has 0 aromatic rings. The molecule has 1 amide bonds. The van der Waals surface area contributed by atoms with Gasteiger partial charge in [0.1, 0.15) is 48.8 Å². The molecule has 63 heavy (non-hydrogen) atoms. The molecule has 9 N–H and O–H groups in total. The highest BCUT2D eigenvalue weighted by Gasteiger charge is 2.51. The number of amides is 1. The molecule has 2 saturated heterocycles. The molecule has 2 heterocycles. The van der Waals surface area contributed by atoms with Crippen molar-refractivity contribution in [2.45, 2.75) is 222 Å². The van der Waals surface area contributed by atoms with Crippen LogP contribution in [0.1, 0.15) is 149 Å². The van der Waals surface area contributed by atoms with Crippen LogP contribution in [-0.4, -0.2) is 140 Å². The topological polar surface area (TPSA) is 228 Å². The number of carbonyl (C=O) groups is 1. The number of aliphatic hydroxyl groups excluding tert-OH is 8. The molecule has 0 radical (unpaired) electrons. The van der Waals surface area contributed by atoms with Crippen molar-refractivity contribution in [1.29, 1.82) is 0 Å². The molecule has 2 rings (SSSR count). The molecule has 2 aliphatic heterocycles. The van der Waals surface area contributed by atoms with Crippen LogP contribution in [0.4, 0.5) is 0 Å². The summed E-state index contributed by atoms with van der Waals surface area (Å²) in [4.78, 5) is 13.1. The lowest BCUT2D eigenvalue weighted by Gasteiger charge is -2.46. The Labute approximate surface area is 377 Å². The van der Waals surface area contributed by atoms with Crippen LogP contribution in [0.25, 0.3) is 0 Å². The van der Waals surface area contributed by atoms with Crippen LogP contribution < -0.4 is 5.32 Å². The average Bonchev–Trinajstić information content (AvgIpc) is 3.28. The van der Waals surface area contributed by atoms with Gasteiger partial charge in [-0.2, -0.15) is 0 Å². The number of hydrogen-bond donors (Lipinski definition) is 9. The Morgan fingerprint density at radius 3 is 1.75 bits per heavy atom. The standard InChI is InChI=1S/C49H85NO13/c1-3-5-7-9-11-13-15-17-18-19-21-22-24-26-28-30-32-38(53)37(50-41(54)33-31-29-27-25-23-20-16-14-12-10-8-6-4-2)36-60-48-46(59)44(57)47(40(35-52)62-48)63-49-45(58)43(56)42(55)39(34-51)61-49/h6,8,12,14,20,22-24,30,32,37-40,42-49,51-53,55-59H,3-5,7,9-11,13,15-19,21,25-29,31,33-36H2,1-2H3,(H,50,54)/b8-6-,14-12-,23-20-,24-22+,32-30+. The zero-order valence-corrected chi connectivity index (χ0v) is 38.3. The monoisotopic (exact) mass is 896 g/mol. The second kappa shape index (κ2) is 35.9. The Hall–Kier alpha value is -2.31. The zero-order valence-electron chi connectivity index (χ0n) is 38.3. The largest absolute Gasteiger partial charge is 0.394 e. The van der Waals surface area contributed by atoms with Gasteiger partial charge >= 0.3 is 0 Å². The van der Waals surface area contributed by atoms with Crippen molar-refractivity contribution >= 4 is 5.91 Å². The summed E-state index contributed by atoms with van der Waals surface area (Å²) < 4.78 is 22.6. The van der Waals surface area contributed by atoms with E-state index in [0.717, 1.165) is 51.4 Å². The highest BCUT2D eigenvalue weighted by Crippen LogP contribution is 2.30. The maximum absolute atomic E-state index is 13.1. The number of unbranched alkanes of at least 4 members (excludes halogenated alkanes) is 14. The van der Waals surface area contributed by atoms with Crippen LogP contribution in [-0.2, 0) is 23.7 Å². The highest BCUT2D eigenvalue weighted by molar-refractivity contribution is 5.76. The van der Waals surface area contributed by atoms with E-state index < -0.39 is 86.8 Å². The molecule has 364 valence electrons. The molecular formula is C49H85NO13. The van der Waals surface area contributed by atoms with Crippen molar-refractivity contribution in [2.75, 3.05) is 19.8 Å². The minimum Gasteiger partial charge on any atom is -0.394 e. The maximum atomic E-state index is 13.1. The van der Waals surface area contributed by atoms with Crippen molar-refractivity contribution in [1.82, 2.24) is 5.32 Å². The lowest BCUT2D eigenvalue weighted by atomic mass is 9.97. The van der Waals surface area contributed by atoms with E-state index in [2.05, 4.69) is 67.8 Å². The first-order valence-electron chi connectivity index (χ1n) is 24.0. The van der Waals surface area contributed by atoms with E-state index in [9.17, 15) is 45.6 Å². The van der Waals surface area contributed by atoms with Gasteiger partial charge in [-0.15, -0.1) is 0 Å². The minimum absolute atomic E-state index is 0.235. The molecular weight excluding hydrogens is 811 g/mol. The number of aliphatic hydroxyl groups is 8. The summed E-state index contributed by atoms with van der Waals surface area (Å²) in [5.74, 6) is -0.282. The summed E-state index contributed by atoms with van der Waals surface area (Å²) in [6.07, 6.45) is 25.6. The SMILES string of the molecule is CC/C=C\C/C=C\C/C=C\CCCCCC(=O)NC(COC1OC(CO)C(OC2OC(CO)C(O)C(O)C2O)C(O)C1O)C(O)/C=C/CC/C=C/CCCCCCCCCCCC. The first-order valence-corrected chi connectivity index (χ1v) is 24.0. The Bertz CT molecular complexity index is 1290. The van der Waals surface area contributed by atoms with Gasteiger partial charge in [-0.1, -0.05) is 139 Å². The Balaban J connectivity index is 1.91.